The molecule has 0 atom stereocenters. The third-order valence-corrected chi connectivity index (χ3v) is 4.86. The number of aromatic nitrogens is 3. The molecule has 4 rings (SSSR count). The van der Waals surface area contributed by atoms with E-state index in [0.29, 0.717) is 16.4 Å². The third-order valence-electron chi connectivity index (χ3n) is 4.10. The van der Waals surface area contributed by atoms with Crippen molar-refractivity contribution in [2.45, 2.75) is 12.7 Å². The smallest absolute Gasteiger partial charge is 0.321 e. The average Bonchev–Trinajstić information content (AvgIpc) is 3.29. The largest absolute Gasteiger partial charge is 0.416 e. The fourth-order valence-electron chi connectivity index (χ4n) is 2.74. The number of para-hydroxylation sites is 2. The van der Waals surface area contributed by atoms with E-state index in [4.69, 9.17) is 0 Å². The number of carbonyl (C=O) groups excluding carboxylic acids is 1. The topological polar surface area (TPSA) is 59.8 Å². The Labute approximate surface area is 161 Å². The lowest BCUT2D eigenvalue weighted by Gasteiger charge is -2.06. The summed E-state index contributed by atoms with van der Waals surface area (Å²) in [6.07, 6.45) is -2.78. The third kappa shape index (κ3) is 3.74. The van der Waals surface area contributed by atoms with Gasteiger partial charge in [-0.2, -0.15) is 13.2 Å². The van der Waals surface area contributed by atoms with Crippen LogP contribution in [0.3, 0.4) is 0 Å². The Balaban J connectivity index is 1.45. The second-order valence-corrected chi connectivity index (χ2v) is 6.88. The van der Waals surface area contributed by atoms with Crippen molar-refractivity contribution in [3.8, 4) is 11.3 Å². The van der Waals surface area contributed by atoms with Crippen LogP contribution in [0.1, 0.15) is 5.56 Å². The van der Waals surface area contributed by atoms with Gasteiger partial charge in [0.1, 0.15) is 6.54 Å². The summed E-state index contributed by atoms with van der Waals surface area (Å²) in [5, 5.41) is 4.77. The molecule has 0 bridgehead atoms. The Hall–Kier alpha value is -3.20. The maximum atomic E-state index is 12.7. The monoisotopic (exact) mass is 402 g/mol. The van der Waals surface area contributed by atoms with Crippen LogP contribution in [0.15, 0.2) is 60.2 Å². The standard InChI is InChI=1S/C19H13F3N4OS/c20-19(21,22)13-7-5-12(6-8-13)15-10-28-18(24-15)25-17(27)9-26-11-23-14-3-1-2-4-16(14)26/h1-8,10-11H,9H2,(H,24,25,27). The van der Waals surface area contributed by atoms with Crippen molar-refractivity contribution in [3.63, 3.8) is 0 Å². The first-order valence-corrected chi connectivity index (χ1v) is 9.11. The van der Waals surface area contributed by atoms with E-state index in [2.05, 4.69) is 15.3 Å². The number of nitrogens with zero attached hydrogens (tertiary/aromatic N) is 3. The van der Waals surface area contributed by atoms with E-state index >= 15 is 0 Å². The molecule has 0 aliphatic heterocycles. The predicted octanol–water partition coefficient (Wildman–Crippen LogP) is 4.82. The number of halogens is 3. The van der Waals surface area contributed by atoms with Crippen LogP contribution in [0.2, 0.25) is 0 Å². The Morgan fingerprint density at radius 1 is 1.11 bits per heavy atom. The van der Waals surface area contributed by atoms with Gasteiger partial charge in [-0.25, -0.2) is 9.97 Å². The molecule has 28 heavy (non-hydrogen) atoms. The van der Waals surface area contributed by atoms with Crippen LogP contribution < -0.4 is 5.32 Å². The number of nitrogens with one attached hydrogen (secondary N) is 1. The number of benzene rings is 2. The Kier molecular flexibility index (Phi) is 4.60. The fourth-order valence-corrected chi connectivity index (χ4v) is 3.48. The molecule has 0 saturated heterocycles. The molecule has 0 aliphatic rings. The van der Waals surface area contributed by atoms with Gasteiger partial charge >= 0.3 is 6.18 Å². The minimum absolute atomic E-state index is 0.0791. The molecule has 9 heteroatoms. The number of imidazole rings is 1. The van der Waals surface area contributed by atoms with Gasteiger partial charge in [0.25, 0.3) is 0 Å². The van der Waals surface area contributed by atoms with Crippen molar-refractivity contribution >= 4 is 33.4 Å². The number of amides is 1. The lowest BCUT2D eigenvalue weighted by molar-refractivity contribution is -0.137. The second-order valence-electron chi connectivity index (χ2n) is 6.02. The van der Waals surface area contributed by atoms with E-state index < -0.39 is 11.7 Å². The van der Waals surface area contributed by atoms with E-state index in [1.165, 1.54) is 23.5 Å². The van der Waals surface area contributed by atoms with Gasteiger partial charge in [-0.05, 0) is 24.3 Å². The molecule has 2 aromatic carbocycles. The molecule has 2 heterocycles. The summed E-state index contributed by atoms with van der Waals surface area (Å²) in [7, 11) is 0. The van der Waals surface area contributed by atoms with Crippen LogP contribution in [0.5, 0.6) is 0 Å². The fraction of sp³-hybridized carbons (Fsp3) is 0.105. The summed E-state index contributed by atoms with van der Waals surface area (Å²) in [4.78, 5) is 20.8. The molecular formula is C19H13F3N4OS. The van der Waals surface area contributed by atoms with Crippen molar-refractivity contribution < 1.29 is 18.0 Å². The molecule has 1 N–H and O–H groups in total. The molecule has 0 spiro atoms. The molecule has 0 radical (unpaired) electrons. The van der Waals surface area contributed by atoms with Gasteiger partial charge in [0.15, 0.2) is 5.13 Å². The molecule has 2 aromatic heterocycles. The Bertz CT molecular complexity index is 1130. The number of rotatable bonds is 4. The summed E-state index contributed by atoms with van der Waals surface area (Å²) >= 11 is 1.21. The van der Waals surface area contributed by atoms with Crippen LogP contribution in [0, 0.1) is 0 Å². The lowest BCUT2D eigenvalue weighted by atomic mass is 10.1. The molecule has 0 aliphatic carbocycles. The predicted molar refractivity (Wildman–Crippen MR) is 101 cm³/mol. The van der Waals surface area contributed by atoms with Gasteiger partial charge in [-0.3, -0.25) is 4.79 Å². The molecular weight excluding hydrogens is 389 g/mol. The highest BCUT2D eigenvalue weighted by molar-refractivity contribution is 7.14. The van der Waals surface area contributed by atoms with E-state index in [9.17, 15) is 18.0 Å². The van der Waals surface area contributed by atoms with Crippen molar-refractivity contribution in [2.75, 3.05) is 5.32 Å². The van der Waals surface area contributed by atoms with Gasteiger partial charge in [0.05, 0.1) is 28.6 Å². The van der Waals surface area contributed by atoms with Gasteiger partial charge in [0, 0.05) is 10.9 Å². The highest BCUT2D eigenvalue weighted by Crippen LogP contribution is 2.31. The van der Waals surface area contributed by atoms with Crippen LogP contribution in [0.25, 0.3) is 22.3 Å². The molecule has 0 saturated carbocycles. The van der Waals surface area contributed by atoms with E-state index in [1.54, 1.807) is 16.3 Å². The van der Waals surface area contributed by atoms with Crippen LogP contribution >= 0.6 is 11.3 Å². The number of anilines is 1. The van der Waals surface area contributed by atoms with Crippen molar-refractivity contribution in [3.05, 3.63) is 65.8 Å². The molecule has 5 nitrogen and oxygen atoms in total. The lowest BCUT2D eigenvalue weighted by Crippen LogP contribution is -2.18. The summed E-state index contributed by atoms with van der Waals surface area (Å²) in [6, 6.07) is 12.2. The second kappa shape index (κ2) is 7.08. The van der Waals surface area contributed by atoms with Crippen LogP contribution in [-0.2, 0) is 17.5 Å². The highest BCUT2D eigenvalue weighted by atomic mass is 32.1. The molecule has 4 aromatic rings. The molecule has 142 valence electrons. The van der Waals surface area contributed by atoms with E-state index in [1.807, 2.05) is 24.3 Å². The zero-order valence-electron chi connectivity index (χ0n) is 14.3. The number of thiazole rings is 1. The molecule has 0 unspecified atom stereocenters. The average molecular weight is 402 g/mol. The van der Waals surface area contributed by atoms with Crippen LogP contribution in [0.4, 0.5) is 18.3 Å². The first-order chi connectivity index (χ1) is 13.4. The first-order valence-electron chi connectivity index (χ1n) is 8.23. The molecule has 1 amide bonds. The quantitative estimate of drug-likeness (QED) is 0.533. The van der Waals surface area contributed by atoms with Crippen LogP contribution in [-0.4, -0.2) is 20.4 Å². The number of hydrogen-bond acceptors (Lipinski definition) is 4. The number of hydrogen-bond donors (Lipinski definition) is 1. The summed E-state index contributed by atoms with van der Waals surface area (Å²) < 4.78 is 39.7. The Morgan fingerprint density at radius 3 is 2.61 bits per heavy atom. The van der Waals surface area contributed by atoms with Crippen molar-refractivity contribution in [1.29, 1.82) is 0 Å². The van der Waals surface area contributed by atoms with Crippen molar-refractivity contribution in [2.24, 2.45) is 0 Å². The number of fused-ring (bicyclic) bond motifs is 1. The number of carbonyl (C=O) groups is 1. The van der Waals surface area contributed by atoms with Gasteiger partial charge < -0.3 is 9.88 Å². The normalized spacial score (nSPS) is 11.7. The summed E-state index contributed by atoms with van der Waals surface area (Å²) in [6.45, 7) is 0.0791. The van der Waals surface area contributed by atoms with Crippen molar-refractivity contribution in [1.82, 2.24) is 14.5 Å². The van der Waals surface area contributed by atoms with Gasteiger partial charge in [-0.15, -0.1) is 11.3 Å². The zero-order chi connectivity index (χ0) is 19.7. The first kappa shape index (κ1) is 18.2. The summed E-state index contributed by atoms with van der Waals surface area (Å²) in [5.41, 5.74) is 1.98. The minimum Gasteiger partial charge on any atom is -0.321 e. The SMILES string of the molecule is O=C(Cn1cnc2ccccc21)Nc1nc(-c2ccc(C(F)(F)F)cc2)cs1. The van der Waals surface area contributed by atoms with E-state index in [-0.39, 0.29) is 12.5 Å². The summed E-state index contributed by atoms with van der Waals surface area (Å²) in [5.74, 6) is -0.267. The maximum Gasteiger partial charge on any atom is 0.416 e. The zero-order valence-corrected chi connectivity index (χ0v) is 15.1. The number of alkyl halides is 3. The van der Waals surface area contributed by atoms with E-state index in [0.717, 1.165) is 23.2 Å². The Morgan fingerprint density at radius 2 is 1.86 bits per heavy atom. The van der Waals surface area contributed by atoms with Gasteiger partial charge in [0.2, 0.25) is 5.91 Å². The molecule has 0 fully saturated rings. The maximum absolute atomic E-state index is 12.7. The highest BCUT2D eigenvalue weighted by Gasteiger charge is 2.30. The minimum atomic E-state index is -4.38. The van der Waals surface area contributed by atoms with Gasteiger partial charge in [-0.1, -0.05) is 24.3 Å².